The number of likely N-dealkylation sites (tertiary alicyclic amines) is 1. The van der Waals surface area contributed by atoms with E-state index in [0.29, 0.717) is 18.7 Å². The Balaban J connectivity index is 1.33. The van der Waals surface area contributed by atoms with Gasteiger partial charge in [0.05, 0.1) is 11.5 Å². The van der Waals surface area contributed by atoms with Crippen LogP contribution in [0.3, 0.4) is 0 Å². The lowest BCUT2D eigenvalue weighted by molar-refractivity contribution is -0.116. The number of primary sulfonamides is 1. The molecule has 1 aliphatic heterocycles. The number of nitrogens with two attached hydrogens (primary N) is 1. The van der Waals surface area contributed by atoms with E-state index in [1.165, 1.54) is 24.1 Å². The standard InChI is InChI=1S/C24H33N3O4S/c1-2-31-22-9-5-19(6-10-22)3-4-20-13-16-27(17-14-20)18-15-24(28)26-21-7-11-23(12-8-21)32(25,29)30/h5-12,20H,2-4,13-18H2,1H3,(H,26,28)(H2,25,29,30). The maximum Gasteiger partial charge on any atom is 0.238 e. The SMILES string of the molecule is CCOc1ccc(CCC2CCN(CCC(=O)Nc3ccc(S(N)(=O)=O)cc3)CC2)cc1. The molecule has 1 aliphatic rings. The second-order valence-corrected chi connectivity index (χ2v) is 9.83. The summed E-state index contributed by atoms with van der Waals surface area (Å²) in [5.74, 6) is 1.57. The number of hydrogen-bond donors (Lipinski definition) is 2. The van der Waals surface area contributed by atoms with Crippen LogP contribution in [0.1, 0.15) is 38.2 Å². The zero-order valence-electron chi connectivity index (χ0n) is 18.6. The molecule has 1 fully saturated rings. The van der Waals surface area contributed by atoms with E-state index in [-0.39, 0.29) is 10.8 Å². The first-order chi connectivity index (χ1) is 15.3. The number of aryl methyl sites for hydroxylation is 1. The Morgan fingerprint density at radius 1 is 1.09 bits per heavy atom. The normalized spacial score (nSPS) is 15.4. The van der Waals surface area contributed by atoms with Crippen LogP contribution in [0.2, 0.25) is 0 Å². The zero-order valence-corrected chi connectivity index (χ0v) is 19.4. The number of rotatable bonds is 10. The lowest BCUT2D eigenvalue weighted by Gasteiger charge is -2.31. The minimum atomic E-state index is -3.73. The van der Waals surface area contributed by atoms with E-state index < -0.39 is 10.0 Å². The molecule has 0 atom stereocenters. The molecule has 0 aromatic heterocycles. The first kappa shape index (κ1) is 24.2. The molecule has 0 aliphatic carbocycles. The topological polar surface area (TPSA) is 102 Å². The Morgan fingerprint density at radius 3 is 2.34 bits per heavy atom. The molecule has 0 radical (unpaired) electrons. The third-order valence-corrected chi connectivity index (χ3v) is 6.83. The van der Waals surface area contributed by atoms with Crippen LogP contribution in [0.25, 0.3) is 0 Å². The molecule has 32 heavy (non-hydrogen) atoms. The minimum absolute atomic E-state index is 0.0286. The fourth-order valence-corrected chi connectivity index (χ4v) is 4.52. The predicted molar refractivity (Wildman–Crippen MR) is 126 cm³/mol. The summed E-state index contributed by atoms with van der Waals surface area (Å²) in [4.78, 5) is 14.6. The predicted octanol–water partition coefficient (Wildman–Crippen LogP) is 3.41. The Kier molecular flexibility index (Phi) is 8.67. The number of anilines is 1. The Hall–Kier alpha value is -2.42. The van der Waals surface area contributed by atoms with Crippen LogP contribution >= 0.6 is 0 Å². The molecule has 0 bridgehead atoms. The molecule has 8 heteroatoms. The average molecular weight is 460 g/mol. The molecular formula is C24H33N3O4S. The number of hydrogen-bond acceptors (Lipinski definition) is 5. The number of benzene rings is 2. The molecule has 3 N–H and O–H groups in total. The monoisotopic (exact) mass is 459 g/mol. The van der Waals surface area contributed by atoms with Gasteiger partial charge in [-0.2, -0.15) is 0 Å². The van der Waals surface area contributed by atoms with E-state index in [9.17, 15) is 13.2 Å². The lowest BCUT2D eigenvalue weighted by atomic mass is 9.90. The third-order valence-electron chi connectivity index (χ3n) is 5.90. The molecular weight excluding hydrogens is 426 g/mol. The fourth-order valence-electron chi connectivity index (χ4n) is 4.00. The van der Waals surface area contributed by atoms with E-state index in [1.54, 1.807) is 12.1 Å². The maximum absolute atomic E-state index is 12.2. The van der Waals surface area contributed by atoms with Gasteiger partial charge in [-0.05, 0) is 93.6 Å². The molecule has 2 aromatic carbocycles. The summed E-state index contributed by atoms with van der Waals surface area (Å²) in [6.45, 7) is 5.44. The first-order valence-corrected chi connectivity index (χ1v) is 12.7. The Bertz CT molecular complexity index is 967. The summed E-state index contributed by atoms with van der Waals surface area (Å²) < 4.78 is 28.1. The molecule has 0 saturated carbocycles. The average Bonchev–Trinajstić information content (AvgIpc) is 2.78. The van der Waals surface area contributed by atoms with Crippen molar-refractivity contribution >= 4 is 21.6 Å². The van der Waals surface area contributed by atoms with Crippen LogP contribution in [-0.4, -0.2) is 45.5 Å². The first-order valence-electron chi connectivity index (χ1n) is 11.2. The van der Waals surface area contributed by atoms with E-state index >= 15 is 0 Å². The largest absolute Gasteiger partial charge is 0.494 e. The van der Waals surface area contributed by atoms with Crippen molar-refractivity contribution in [1.82, 2.24) is 4.90 Å². The van der Waals surface area contributed by atoms with Crippen LogP contribution in [0.5, 0.6) is 5.75 Å². The highest BCUT2D eigenvalue weighted by molar-refractivity contribution is 7.89. The van der Waals surface area contributed by atoms with Crippen molar-refractivity contribution in [3.63, 3.8) is 0 Å². The number of carbonyl (C=O) groups is 1. The zero-order chi connectivity index (χ0) is 23.0. The van der Waals surface area contributed by atoms with Crippen molar-refractivity contribution in [2.75, 3.05) is 31.6 Å². The molecule has 1 amide bonds. The van der Waals surface area contributed by atoms with Gasteiger partial charge in [0.2, 0.25) is 15.9 Å². The maximum atomic E-state index is 12.2. The van der Waals surface area contributed by atoms with E-state index in [0.717, 1.165) is 50.6 Å². The summed E-state index contributed by atoms with van der Waals surface area (Å²) in [6, 6.07) is 14.3. The van der Waals surface area contributed by atoms with Crippen LogP contribution in [0, 0.1) is 5.92 Å². The van der Waals surface area contributed by atoms with Crippen LogP contribution in [-0.2, 0) is 21.2 Å². The summed E-state index contributed by atoms with van der Waals surface area (Å²) in [7, 11) is -3.73. The summed E-state index contributed by atoms with van der Waals surface area (Å²) in [6.07, 6.45) is 5.01. The summed E-state index contributed by atoms with van der Waals surface area (Å²) >= 11 is 0. The molecule has 0 spiro atoms. The minimum Gasteiger partial charge on any atom is -0.494 e. The molecule has 7 nitrogen and oxygen atoms in total. The Labute approximate surface area is 191 Å². The van der Waals surface area contributed by atoms with Crippen LogP contribution < -0.4 is 15.2 Å². The third kappa shape index (κ3) is 7.62. The van der Waals surface area contributed by atoms with Gasteiger partial charge in [-0.3, -0.25) is 4.79 Å². The van der Waals surface area contributed by atoms with Gasteiger partial charge in [-0.25, -0.2) is 13.6 Å². The molecule has 174 valence electrons. The van der Waals surface area contributed by atoms with Gasteiger partial charge in [-0.15, -0.1) is 0 Å². The van der Waals surface area contributed by atoms with Crippen molar-refractivity contribution in [3.05, 3.63) is 54.1 Å². The van der Waals surface area contributed by atoms with E-state index in [1.807, 2.05) is 19.1 Å². The lowest BCUT2D eigenvalue weighted by Crippen LogP contribution is -2.35. The number of piperidine rings is 1. The van der Waals surface area contributed by atoms with Gasteiger partial charge in [0.1, 0.15) is 5.75 Å². The molecule has 2 aromatic rings. The van der Waals surface area contributed by atoms with Gasteiger partial charge in [0, 0.05) is 18.7 Å². The fraction of sp³-hybridized carbons (Fsp3) is 0.458. The highest BCUT2D eigenvalue weighted by atomic mass is 32.2. The van der Waals surface area contributed by atoms with Crippen molar-refractivity contribution in [2.24, 2.45) is 11.1 Å². The van der Waals surface area contributed by atoms with Crippen molar-refractivity contribution < 1.29 is 17.9 Å². The molecule has 1 saturated heterocycles. The second-order valence-electron chi connectivity index (χ2n) is 8.27. The van der Waals surface area contributed by atoms with E-state index in [4.69, 9.17) is 9.88 Å². The number of ether oxygens (including phenoxy) is 1. The van der Waals surface area contributed by atoms with Gasteiger partial charge >= 0.3 is 0 Å². The second kappa shape index (κ2) is 11.4. The number of sulfonamides is 1. The summed E-state index contributed by atoms with van der Waals surface area (Å²) in [5, 5.41) is 7.90. The molecule has 0 unspecified atom stereocenters. The number of amides is 1. The smallest absolute Gasteiger partial charge is 0.238 e. The highest BCUT2D eigenvalue weighted by Crippen LogP contribution is 2.23. The van der Waals surface area contributed by atoms with Gasteiger partial charge in [-0.1, -0.05) is 12.1 Å². The van der Waals surface area contributed by atoms with Crippen molar-refractivity contribution in [2.45, 2.75) is 43.9 Å². The van der Waals surface area contributed by atoms with E-state index in [2.05, 4.69) is 22.3 Å². The number of nitrogens with zero attached hydrogens (tertiary/aromatic N) is 1. The highest BCUT2D eigenvalue weighted by Gasteiger charge is 2.19. The molecule has 3 rings (SSSR count). The van der Waals surface area contributed by atoms with Crippen molar-refractivity contribution in [1.29, 1.82) is 0 Å². The van der Waals surface area contributed by atoms with Crippen LogP contribution in [0.4, 0.5) is 5.69 Å². The van der Waals surface area contributed by atoms with Gasteiger partial charge < -0.3 is 15.0 Å². The van der Waals surface area contributed by atoms with Crippen LogP contribution in [0.15, 0.2) is 53.4 Å². The quantitative estimate of drug-likeness (QED) is 0.567. The number of carbonyl (C=O) groups excluding carboxylic acids is 1. The van der Waals surface area contributed by atoms with Gasteiger partial charge in [0.15, 0.2) is 0 Å². The summed E-state index contributed by atoms with van der Waals surface area (Å²) in [5.41, 5.74) is 1.92. The molecule has 1 heterocycles. The van der Waals surface area contributed by atoms with Gasteiger partial charge in [0.25, 0.3) is 0 Å². The van der Waals surface area contributed by atoms with Crippen molar-refractivity contribution in [3.8, 4) is 5.75 Å². The Morgan fingerprint density at radius 2 is 1.75 bits per heavy atom. The number of nitrogens with one attached hydrogen (secondary N) is 1.